The Hall–Kier alpha value is -1.84. The minimum Gasteiger partial charge on any atom is -0.480 e. The highest BCUT2D eigenvalue weighted by Crippen LogP contribution is 2.22. The minimum atomic E-state index is -1.22. The second-order valence-corrected chi connectivity index (χ2v) is 5.18. The van der Waals surface area contributed by atoms with Crippen molar-refractivity contribution in [3.05, 3.63) is 34.9 Å². The van der Waals surface area contributed by atoms with E-state index in [9.17, 15) is 14.7 Å². The van der Waals surface area contributed by atoms with E-state index in [0.29, 0.717) is 12.1 Å². The monoisotopic (exact) mass is 263 g/mol. The molecule has 0 saturated carbocycles. The van der Waals surface area contributed by atoms with E-state index in [1.165, 1.54) is 4.90 Å². The van der Waals surface area contributed by atoms with Crippen molar-refractivity contribution in [1.29, 1.82) is 0 Å². The first kappa shape index (κ1) is 15.2. The summed E-state index contributed by atoms with van der Waals surface area (Å²) in [6.45, 7) is 8.96. The summed E-state index contributed by atoms with van der Waals surface area (Å²) in [6.07, 6.45) is 0. The summed E-state index contributed by atoms with van der Waals surface area (Å²) in [5, 5.41) is 9.28. The van der Waals surface area contributed by atoms with E-state index in [1.807, 2.05) is 32.0 Å². The van der Waals surface area contributed by atoms with Crippen LogP contribution in [0.25, 0.3) is 0 Å². The summed E-state index contributed by atoms with van der Waals surface area (Å²) in [6, 6.07) is 5.61. The van der Waals surface area contributed by atoms with Gasteiger partial charge in [0.1, 0.15) is 5.54 Å². The average molecular weight is 263 g/mol. The number of hydrogen-bond donors (Lipinski definition) is 1. The number of nitrogens with zero attached hydrogens (tertiary/aromatic N) is 1. The second-order valence-electron chi connectivity index (χ2n) is 5.18. The van der Waals surface area contributed by atoms with E-state index >= 15 is 0 Å². The van der Waals surface area contributed by atoms with Crippen LogP contribution in [-0.2, 0) is 4.79 Å². The molecule has 0 atom stereocenters. The summed E-state index contributed by atoms with van der Waals surface area (Å²) in [5.41, 5.74) is 1.11. The van der Waals surface area contributed by atoms with Gasteiger partial charge in [0.25, 0.3) is 5.91 Å². The summed E-state index contributed by atoms with van der Waals surface area (Å²) in [5.74, 6) is -1.24. The predicted octanol–water partition coefficient (Wildman–Crippen LogP) is 2.63. The van der Waals surface area contributed by atoms with Gasteiger partial charge in [-0.3, -0.25) is 4.79 Å². The van der Waals surface area contributed by atoms with Crippen LogP contribution in [0.5, 0.6) is 0 Å². The van der Waals surface area contributed by atoms with Gasteiger partial charge in [0.2, 0.25) is 0 Å². The Labute approximate surface area is 114 Å². The first-order chi connectivity index (χ1) is 8.73. The van der Waals surface area contributed by atoms with Gasteiger partial charge in [-0.15, -0.1) is 0 Å². The lowest BCUT2D eigenvalue weighted by atomic mass is 9.97. The molecule has 0 spiro atoms. The number of rotatable bonds is 4. The maximum absolute atomic E-state index is 12.6. The zero-order valence-electron chi connectivity index (χ0n) is 12.2. The highest BCUT2D eigenvalue weighted by Gasteiger charge is 2.37. The van der Waals surface area contributed by atoms with Gasteiger partial charge >= 0.3 is 5.97 Å². The van der Waals surface area contributed by atoms with Crippen LogP contribution in [0.1, 0.15) is 42.3 Å². The molecule has 0 unspecified atom stereocenters. The molecule has 0 aliphatic carbocycles. The Morgan fingerprint density at radius 2 is 1.68 bits per heavy atom. The van der Waals surface area contributed by atoms with Crippen molar-refractivity contribution in [1.82, 2.24) is 4.90 Å². The van der Waals surface area contributed by atoms with Crippen LogP contribution < -0.4 is 0 Å². The molecular weight excluding hydrogens is 242 g/mol. The smallest absolute Gasteiger partial charge is 0.329 e. The largest absolute Gasteiger partial charge is 0.480 e. The Morgan fingerprint density at radius 3 is 2.05 bits per heavy atom. The van der Waals surface area contributed by atoms with E-state index in [1.54, 1.807) is 20.8 Å². The molecule has 0 aliphatic heterocycles. The second kappa shape index (κ2) is 5.43. The van der Waals surface area contributed by atoms with E-state index in [4.69, 9.17) is 0 Å². The summed E-state index contributed by atoms with van der Waals surface area (Å²) in [7, 11) is 0. The van der Waals surface area contributed by atoms with Crippen LogP contribution in [0.2, 0.25) is 0 Å². The molecule has 0 fully saturated rings. The van der Waals surface area contributed by atoms with Crippen LogP contribution in [0, 0.1) is 13.8 Å². The number of benzene rings is 1. The number of amides is 1. The normalized spacial score (nSPS) is 11.2. The molecule has 4 nitrogen and oxygen atoms in total. The molecule has 1 rings (SSSR count). The van der Waals surface area contributed by atoms with Crippen molar-refractivity contribution in [3.8, 4) is 0 Å². The third-order valence-electron chi connectivity index (χ3n) is 3.45. The van der Waals surface area contributed by atoms with Crippen molar-refractivity contribution in [2.24, 2.45) is 0 Å². The standard InChI is InChI=1S/C15H21NO3/c1-6-16(15(4,5)14(18)19)13(17)12-10(2)8-7-9-11(12)3/h7-9H,6H2,1-5H3,(H,18,19). The predicted molar refractivity (Wildman–Crippen MR) is 74.3 cm³/mol. The molecule has 0 aliphatic rings. The number of carbonyl (C=O) groups is 2. The van der Waals surface area contributed by atoms with Crippen LogP contribution in [0.15, 0.2) is 18.2 Å². The van der Waals surface area contributed by atoms with Gasteiger partial charge in [-0.05, 0) is 45.7 Å². The van der Waals surface area contributed by atoms with Crippen molar-refractivity contribution in [2.75, 3.05) is 6.54 Å². The molecular formula is C15H21NO3. The lowest BCUT2D eigenvalue weighted by Crippen LogP contribution is -2.53. The topological polar surface area (TPSA) is 57.6 Å². The molecule has 0 heterocycles. The number of aryl methyl sites for hydroxylation is 2. The van der Waals surface area contributed by atoms with Crippen molar-refractivity contribution in [3.63, 3.8) is 0 Å². The molecule has 0 aromatic heterocycles. The lowest BCUT2D eigenvalue weighted by Gasteiger charge is -2.35. The quantitative estimate of drug-likeness (QED) is 0.908. The number of hydrogen-bond acceptors (Lipinski definition) is 2. The molecule has 0 bridgehead atoms. The van der Waals surface area contributed by atoms with Crippen LogP contribution >= 0.6 is 0 Å². The first-order valence-corrected chi connectivity index (χ1v) is 6.35. The summed E-state index contributed by atoms with van der Waals surface area (Å²) >= 11 is 0. The van der Waals surface area contributed by atoms with E-state index in [-0.39, 0.29) is 5.91 Å². The Bertz CT molecular complexity index is 486. The average Bonchev–Trinajstić information content (AvgIpc) is 2.28. The molecule has 104 valence electrons. The zero-order chi connectivity index (χ0) is 14.8. The van der Waals surface area contributed by atoms with Crippen molar-refractivity contribution >= 4 is 11.9 Å². The third kappa shape index (κ3) is 2.78. The van der Waals surface area contributed by atoms with Crippen LogP contribution in [-0.4, -0.2) is 34.0 Å². The van der Waals surface area contributed by atoms with E-state index in [2.05, 4.69) is 0 Å². The van der Waals surface area contributed by atoms with Crippen LogP contribution in [0.3, 0.4) is 0 Å². The first-order valence-electron chi connectivity index (χ1n) is 6.35. The van der Waals surface area contributed by atoms with Gasteiger partial charge in [0.05, 0.1) is 0 Å². The Morgan fingerprint density at radius 1 is 1.21 bits per heavy atom. The molecule has 0 radical (unpaired) electrons. The zero-order valence-corrected chi connectivity index (χ0v) is 12.2. The van der Waals surface area contributed by atoms with Crippen LogP contribution in [0.4, 0.5) is 0 Å². The molecule has 1 amide bonds. The Balaban J connectivity index is 3.28. The van der Waals surface area contributed by atoms with Crippen molar-refractivity contribution < 1.29 is 14.7 Å². The molecule has 0 saturated heterocycles. The highest BCUT2D eigenvalue weighted by molar-refractivity contribution is 5.99. The number of likely N-dealkylation sites (N-methyl/N-ethyl adjacent to an activating group) is 1. The van der Waals surface area contributed by atoms with Gasteiger partial charge in [0.15, 0.2) is 0 Å². The maximum atomic E-state index is 12.6. The molecule has 19 heavy (non-hydrogen) atoms. The number of carboxylic acids is 1. The Kier molecular flexibility index (Phi) is 4.35. The lowest BCUT2D eigenvalue weighted by molar-refractivity contribution is -0.147. The van der Waals surface area contributed by atoms with Gasteiger partial charge in [-0.1, -0.05) is 18.2 Å². The third-order valence-corrected chi connectivity index (χ3v) is 3.45. The maximum Gasteiger partial charge on any atom is 0.329 e. The van der Waals surface area contributed by atoms with E-state index < -0.39 is 11.5 Å². The molecule has 1 N–H and O–H groups in total. The molecule has 4 heteroatoms. The summed E-state index contributed by atoms with van der Waals surface area (Å²) < 4.78 is 0. The van der Waals surface area contributed by atoms with Gasteiger partial charge in [-0.2, -0.15) is 0 Å². The molecule has 1 aromatic carbocycles. The highest BCUT2D eigenvalue weighted by atomic mass is 16.4. The van der Waals surface area contributed by atoms with Crippen molar-refractivity contribution in [2.45, 2.75) is 40.2 Å². The SMILES string of the molecule is CCN(C(=O)c1c(C)cccc1C)C(C)(C)C(=O)O. The number of carbonyl (C=O) groups excluding carboxylic acids is 1. The number of aliphatic carboxylic acids is 1. The van der Waals surface area contributed by atoms with Gasteiger partial charge in [0, 0.05) is 12.1 Å². The fourth-order valence-corrected chi connectivity index (χ4v) is 2.19. The minimum absolute atomic E-state index is 0.231. The molecule has 1 aromatic rings. The summed E-state index contributed by atoms with van der Waals surface area (Å²) in [4.78, 5) is 25.4. The fraction of sp³-hybridized carbons (Fsp3) is 0.467. The van der Waals surface area contributed by atoms with E-state index in [0.717, 1.165) is 11.1 Å². The van der Waals surface area contributed by atoms with Gasteiger partial charge in [-0.25, -0.2) is 4.79 Å². The fourth-order valence-electron chi connectivity index (χ4n) is 2.19. The number of carboxylic acid groups (broad SMARTS) is 1. The van der Waals surface area contributed by atoms with Gasteiger partial charge < -0.3 is 10.0 Å².